The van der Waals surface area contributed by atoms with Gasteiger partial charge in [0, 0.05) is 30.5 Å². The van der Waals surface area contributed by atoms with Gasteiger partial charge in [-0.1, -0.05) is 37.3 Å². The van der Waals surface area contributed by atoms with Gasteiger partial charge in [0.25, 0.3) is 0 Å². The average Bonchev–Trinajstić information content (AvgIpc) is 3.07. The zero-order chi connectivity index (χ0) is 37.0. The van der Waals surface area contributed by atoms with E-state index in [0.717, 1.165) is 10.0 Å². The fraction of sp³-hybridized carbons (Fsp3) is 0.656. The molecule has 284 valence electrons. The first-order valence-electron chi connectivity index (χ1n) is 16.4. The molecule has 1 amide bonds. The van der Waals surface area contributed by atoms with Crippen LogP contribution in [0.2, 0.25) is 0 Å². The van der Waals surface area contributed by atoms with Crippen molar-refractivity contribution >= 4 is 54.6 Å². The molecule has 0 aliphatic rings. The molecule has 0 spiro atoms. The highest BCUT2D eigenvalue weighted by molar-refractivity contribution is 9.10. The Morgan fingerprint density at radius 1 is 0.780 bits per heavy atom. The third kappa shape index (κ3) is 23.6. The summed E-state index contributed by atoms with van der Waals surface area (Å²) in [5.41, 5.74) is 6.28. The molecule has 1 unspecified atom stereocenters. The highest BCUT2D eigenvalue weighted by Gasteiger charge is 2.22. The number of benzene rings is 1. The average molecular weight is 796 g/mol. The predicted molar refractivity (Wildman–Crippen MR) is 191 cm³/mol. The van der Waals surface area contributed by atoms with E-state index in [1.807, 2.05) is 24.3 Å². The number of carbonyl (C=O) groups is 4. The number of carbonyl (C=O) groups excluding carboxylic acids is 1. The maximum atomic E-state index is 13.2. The van der Waals surface area contributed by atoms with Crippen molar-refractivity contribution in [2.75, 3.05) is 79.2 Å². The molecule has 0 bridgehead atoms. The number of ether oxygens (including phenoxy) is 5. The van der Waals surface area contributed by atoms with E-state index >= 15 is 0 Å². The van der Waals surface area contributed by atoms with Crippen LogP contribution in [0.4, 0.5) is 0 Å². The molecule has 0 fully saturated rings. The van der Waals surface area contributed by atoms with Crippen LogP contribution in [0.25, 0.3) is 0 Å². The highest BCUT2D eigenvalue weighted by Crippen LogP contribution is 2.14. The van der Waals surface area contributed by atoms with Crippen LogP contribution in [-0.2, 0) is 49.4 Å². The Bertz CT molecular complexity index is 1150. The maximum Gasteiger partial charge on any atom is 0.328 e. The lowest BCUT2D eigenvalue weighted by atomic mass is 10.1. The fourth-order valence-electron chi connectivity index (χ4n) is 4.28. The summed E-state index contributed by atoms with van der Waals surface area (Å²) in [5, 5.41) is 30.5. The van der Waals surface area contributed by atoms with Gasteiger partial charge < -0.3 is 55.0 Å². The van der Waals surface area contributed by atoms with Crippen LogP contribution in [-0.4, -0.2) is 141 Å². The largest absolute Gasteiger partial charge is 0.481 e. The summed E-state index contributed by atoms with van der Waals surface area (Å²) in [7, 11) is 2.16. The van der Waals surface area contributed by atoms with Crippen LogP contribution in [0.3, 0.4) is 0 Å². The molecule has 1 aromatic carbocycles. The van der Waals surface area contributed by atoms with E-state index in [9.17, 15) is 29.4 Å². The molecular weight excluding hydrogens is 743 g/mol. The summed E-state index contributed by atoms with van der Waals surface area (Å²) >= 11 is 3.41. The molecule has 0 radical (unpaired) electrons. The van der Waals surface area contributed by atoms with Crippen molar-refractivity contribution in [2.24, 2.45) is 10.7 Å². The van der Waals surface area contributed by atoms with Crippen molar-refractivity contribution in [3.63, 3.8) is 0 Å². The van der Waals surface area contributed by atoms with Gasteiger partial charge in [0.2, 0.25) is 5.91 Å². The SMILES string of the molecule is NCCOCCOCCOCCOCCOCCC(=O)N(CCCC[C@H](NC(P)=N[C@@H](CCC(=O)O)C(=O)O)C(=O)O)Cc1ccc(Br)cc1. The number of aliphatic imine (C=N–C) groups is 1. The van der Waals surface area contributed by atoms with E-state index in [2.05, 4.69) is 35.5 Å². The summed E-state index contributed by atoms with van der Waals surface area (Å²) in [5.74, 6) is -3.73. The lowest BCUT2D eigenvalue weighted by Gasteiger charge is -2.24. The number of carboxylic acid groups (broad SMARTS) is 3. The van der Waals surface area contributed by atoms with Gasteiger partial charge in [0.15, 0.2) is 0 Å². The number of unbranched alkanes of at least 4 members (excludes halogenated alkanes) is 1. The molecule has 0 aliphatic heterocycles. The van der Waals surface area contributed by atoms with Crippen molar-refractivity contribution < 1.29 is 58.2 Å². The molecule has 1 rings (SSSR count). The van der Waals surface area contributed by atoms with Crippen molar-refractivity contribution in [1.82, 2.24) is 10.2 Å². The van der Waals surface area contributed by atoms with E-state index in [-0.39, 0.29) is 37.4 Å². The lowest BCUT2D eigenvalue weighted by molar-refractivity contribution is -0.140. The second-order valence-corrected chi connectivity index (χ2v) is 12.3. The summed E-state index contributed by atoms with van der Waals surface area (Å²) in [6.07, 6.45) is 0.682. The first kappa shape index (κ1) is 45.3. The Labute approximate surface area is 303 Å². The number of amides is 1. The Balaban J connectivity index is 2.46. The molecule has 50 heavy (non-hydrogen) atoms. The Hall–Kier alpha value is -2.76. The first-order valence-corrected chi connectivity index (χ1v) is 17.8. The molecule has 0 saturated heterocycles. The van der Waals surface area contributed by atoms with Crippen LogP contribution < -0.4 is 11.1 Å². The normalized spacial score (nSPS) is 12.7. The number of nitrogens with two attached hydrogens (primary N) is 1. The van der Waals surface area contributed by atoms with Crippen molar-refractivity contribution in [3.8, 4) is 0 Å². The molecular formula is C32H52BrN4O12P. The van der Waals surface area contributed by atoms with Gasteiger partial charge in [-0.3, -0.25) is 14.6 Å². The Morgan fingerprint density at radius 2 is 1.32 bits per heavy atom. The Morgan fingerprint density at radius 3 is 1.82 bits per heavy atom. The minimum atomic E-state index is -1.33. The molecule has 0 aliphatic carbocycles. The number of amidine groups is 1. The smallest absolute Gasteiger partial charge is 0.328 e. The van der Waals surface area contributed by atoms with Crippen LogP contribution in [0.15, 0.2) is 33.7 Å². The number of nitrogens with zero attached hydrogens (tertiary/aromatic N) is 2. The quantitative estimate of drug-likeness (QED) is 0.0314. The van der Waals surface area contributed by atoms with E-state index in [4.69, 9.17) is 34.5 Å². The maximum absolute atomic E-state index is 13.2. The summed E-state index contributed by atoms with van der Waals surface area (Å²) in [6, 6.07) is 5.22. The van der Waals surface area contributed by atoms with Crippen molar-refractivity contribution in [3.05, 3.63) is 34.3 Å². The number of hydrogen-bond donors (Lipinski definition) is 5. The van der Waals surface area contributed by atoms with E-state index in [0.29, 0.717) is 91.9 Å². The van der Waals surface area contributed by atoms with Gasteiger partial charge in [-0.25, -0.2) is 9.59 Å². The second kappa shape index (κ2) is 28.9. The minimum absolute atomic E-state index is 0.00292. The fourth-order valence-corrected chi connectivity index (χ4v) is 4.93. The predicted octanol–water partition coefficient (Wildman–Crippen LogP) is 1.97. The molecule has 1 aromatic rings. The van der Waals surface area contributed by atoms with Gasteiger partial charge in [0.1, 0.15) is 17.7 Å². The van der Waals surface area contributed by atoms with E-state index < -0.39 is 36.4 Å². The number of nitrogens with one attached hydrogen (secondary N) is 1. The number of hydrogen-bond acceptors (Lipinski definition) is 11. The Kier molecular flexibility index (Phi) is 26.1. The summed E-state index contributed by atoms with van der Waals surface area (Å²) < 4.78 is 28.0. The van der Waals surface area contributed by atoms with E-state index in [1.165, 1.54) is 0 Å². The summed E-state index contributed by atoms with van der Waals surface area (Å²) in [6.45, 7) is 5.38. The third-order valence-electron chi connectivity index (χ3n) is 6.85. The molecule has 6 N–H and O–H groups in total. The van der Waals surface area contributed by atoms with Gasteiger partial charge in [-0.15, -0.1) is 0 Å². The minimum Gasteiger partial charge on any atom is -0.481 e. The third-order valence-corrected chi connectivity index (χ3v) is 7.70. The topological polar surface area (TPSA) is 229 Å². The molecule has 18 heteroatoms. The zero-order valence-corrected chi connectivity index (χ0v) is 31.1. The summed E-state index contributed by atoms with van der Waals surface area (Å²) in [4.78, 5) is 52.9. The molecule has 0 heterocycles. The van der Waals surface area contributed by atoms with E-state index in [1.54, 1.807) is 4.90 Å². The van der Waals surface area contributed by atoms with Crippen LogP contribution in [0, 0.1) is 0 Å². The lowest BCUT2D eigenvalue weighted by Crippen LogP contribution is -2.39. The standard InChI is InChI=1S/C32H52BrN4O12P/c33-25-6-4-24(5-7-25)23-37(28(38)10-13-45-15-17-47-19-21-49-22-20-48-18-16-46-14-11-34)12-2-1-3-26(30(41)42)35-32(50)36-27(31(43)44)8-9-29(39)40/h4-7,26-27H,1-3,8-23,34,50H2,(H,35,36)(H,39,40)(H,41,42)(H,43,44)/t26-,27-/m0/s1. The molecule has 3 atom stereocenters. The van der Waals surface area contributed by atoms with Gasteiger partial charge >= 0.3 is 17.9 Å². The van der Waals surface area contributed by atoms with Crippen molar-refractivity contribution in [2.45, 2.75) is 57.2 Å². The number of aliphatic carboxylic acids is 3. The number of carboxylic acids is 3. The van der Waals surface area contributed by atoms with Crippen LogP contribution in [0.5, 0.6) is 0 Å². The highest BCUT2D eigenvalue weighted by atomic mass is 79.9. The van der Waals surface area contributed by atoms with Gasteiger partial charge in [-0.2, -0.15) is 0 Å². The second-order valence-electron chi connectivity index (χ2n) is 10.9. The van der Waals surface area contributed by atoms with Crippen molar-refractivity contribution in [1.29, 1.82) is 0 Å². The number of halogens is 1. The van der Waals surface area contributed by atoms with Crippen LogP contribution >= 0.6 is 25.2 Å². The zero-order valence-electron chi connectivity index (χ0n) is 28.3. The van der Waals surface area contributed by atoms with Gasteiger partial charge in [-0.05, 0) is 43.4 Å². The monoisotopic (exact) mass is 794 g/mol. The van der Waals surface area contributed by atoms with Gasteiger partial charge in [0.05, 0.1) is 72.5 Å². The number of rotatable bonds is 31. The van der Waals surface area contributed by atoms with Crippen LogP contribution in [0.1, 0.15) is 44.1 Å². The molecule has 0 saturated carbocycles. The molecule has 16 nitrogen and oxygen atoms in total. The first-order chi connectivity index (χ1) is 24.0. The molecule has 0 aromatic heterocycles.